The SMILES string of the molecule is CCCc1cc(C)[nH]c(=O)c1CNC(=O)c1cc(-c2cccnc2)cc2c1CCN2C(C)C. The minimum atomic E-state index is -0.148. The van der Waals surface area contributed by atoms with Crippen LogP contribution in [0.4, 0.5) is 5.69 Å². The van der Waals surface area contributed by atoms with Crippen LogP contribution in [0.1, 0.15) is 59.9 Å². The van der Waals surface area contributed by atoms with Gasteiger partial charge in [-0.3, -0.25) is 14.6 Å². The number of aryl methyl sites for hydroxylation is 2. The van der Waals surface area contributed by atoms with Gasteiger partial charge >= 0.3 is 0 Å². The Morgan fingerprint density at radius 1 is 1.24 bits per heavy atom. The Morgan fingerprint density at radius 3 is 2.76 bits per heavy atom. The van der Waals surface area contributed by atoms with Crippen molar-refractivity contribution in [2.24, 2.45) is 0 Å². The van der Waals surface area contributed by atoms with Gasteiger partial charge in [-0.25, -0.2) is 0 Å². The first-order chi connectivity index (χ1) is 15.9. The van der Waals surface area contributed by atoms with Gasteiger partial charge in [0.15, 0.2) is 0 Å². The molecule has 0 aliphatic carbocycles. The van der Waals surface area contributed by atoms with Crippen LogP contribution in [0.15, 0.2) is 47.5 Å². The molecule has 3 heterocycles. The van der Waals surface area contributed by atoms with Gasteiger partial charge < -0.3 is 15.2 Å². The van der Waals surface area contributed by atoms with Crippen LogP contribution in [-0.2, 0) is 19.4 Å². The van der Waals surface area contributed by atoms with Crippen molar-refractivity contribution in [1.82, 2.24) is 15.3 Å². The van der Waals surface area contributed by atoms with E-state index in [9.17, 15) is 9.59 Å². The van der Waals surface area contributed by atoms with Gasteiger partial charge in [-0.05, 0) is 74.6 Å². The van der Waals surface area contributed by atoms with Crippen LogP contribution in [0.5, 0.6) is 0 Å². The summed E-state index contributed by atoms with van der Waals surface area (Å²) in [5, 5.41) is 3.03. The van der Waals surface area contributed by atoms with Crippen molar-refractivity contribution in [1.29, 1.82) is 0 Å². The molecule has 6 nitrogen and oxygen atoms in total. The van der Waals surface area contributed by atoms with E-state index in [1.165, 1.54) is 0 Å². The van der Waals surface area contributed by atoms with Crippen LogP contribution < -0.4 is 15.8 Å². The molecule has 4 rings (SSSR count). The van der Waals surface area contributed by atoms with Gasteiger partial charge in [0.1, 0.15) is 0 Å². The number of aromatic amines is 1. The number of amides is 1. The summed E-state index contributed by atoms with van der Waals surface area (Å²) < 4.78 is 0. The summed E-state index contributed by atoms with van der Waals surface area (Å²) in [5.41, 5.74) is 7.16. The monoisotopic (exact) mass is 444 g/mol. The number of carbonyl (C=O) groups excluding carboxylic acids is 1. The molecule has 0 atom stereocenters. The van der Waals surface area contributed by atoms with Crippen LogP contribution in [0.2, 0.25) is 0 Å². The number of anilines is 1. The lowest BCUT2D eigenvalue weighted by Crippen LogP contribution is -2.29. The molecule has 0 saturated heterocycles. The maximum Gasteiger partial charge on any atom is 0.253 e. The molecule has 1 aliphatic rings. The fraction of sp³-hybridized carbons (Fsp3) is 0.370. The van der Waals surface area contributed by atoms with Crippen LogP contribution in [0, 0.1) is 6.92 Å². The summed E-state index contributed by atoms with van der Waals surface area (Å²) in [6.45, 7) is 9.42. The van der Waals surface area contributed by atoms with Gasteiger partial charge in [-0.2, -0.15) is 0 Å². The second-order valence-electron chi connectivity index (χ2n) is 9.02. The largest absolute Gasteiger partial charge is 0.369 e. The highest BCUT2D eigenvalue weighted by atomic mass is 16.1. The number of carbonyl (C=O) groups is 1. The lowest BCUT2D eigenvalue weighted by molar-refractivity contribution is 0.0950. The van der Waals surface area contributed by atoms with Gasteiger partial charge in [0, 0.05) is 59.6 Å². The average Bonchev–Trinajstić information content (AvgIpc) is 3.23. The van der Waals surface area contributed by atoms with E-state index in [-0.39, 0.29) is 18.0 Å². The number of hydrogen-bond acceptors (Lipinski definition) is 4. The predicted molar refractivity (Wildman–Crippen MR) is 133 cm³/mol. The molecule has 1 aromatic carbocycles. The third-order valence-electron chi connectivity index (χ3n) is 6.31. The van der Waals surface area contributed by atoms with Crippen molar-refractivity contribution in [3.63, 3.8) is 0 Å². The molecule has 0 spiro atoms. The zero-order chi connectivity index (χ0) is 23.5. The molecule has 1 aliphatic heterocycles. The summed E-state index contributed by atoms with van der Waals surface area (Å²) in [5.74, 6) is -0.148. The molecule has 172 valence electrons. The minimum Gasteiger partial charge on any atom is -0.369 e. The molecule has 0 saturated carbocycles. The standard InChI is InChI=1S/C27H32N4O2/c1-5-7-19-12-18(4)30-27(33)24(19)16-29-26(32)23-13-21(20-8-6-10-28-15-20)14-25-22(23)9-11-31(25)17(2)3/h6,8,10,12-15,17H,5,7,9,11,16H2,1-4H3,(H,29,32)(H,30,33). The number of nitrogens with one attached hydrogen (secondary N) is 2. The summed E-state index contributed by atoms with van der Waals surface area (Å²) in [6, 6.07) is 10.4. The summed E-state index contributed by atoms with van der Waals surface area (Å²) >= 11 is 0. The Morgan fingerprint density at radius 2 is 2.06 bits per heavy atom. The van der Waals surface area contributed by atoms with Gasteiger partial charge in [0.25, 0.3) is 11.5 Å². The van der Waals surface area contributed by atoms with Crippen LogP contribution >= 0.6 is 0 Å². The molecule has 2 N–H and O–H groups in total. The van der Waals surface area contributed by atoms with Gasteiger partial charge in [0.05, 0.1) is 0 Å². The second kappa shape index (κ2) is 9.61. The molecular weight excluding hydrogens is 412 g/mol. The first-order valence-electron chi connectivity index (χ1n) is 11.7. The maximum atomic E-state index is 13.4. The van der Waals surface area contributed by atoms with Crippen molar-refractivity contribution in [3.8, 4) is 11.1 Å². The molecule has 0 unspecified atom stereocenters. The van der Waals surface area contributed by atoms with Gasteiger partial charge in [-0.15, -0.1) is 0 Å². The number of hydrogen-bond donors (Lipinski definition) is 2. The number of rotatable bonds is 7. The van der Waals surface area contributed by atoms with E-state index in [0.717, 1.165) is 59.4 Å². The third kappa shape index (κ3) is 4.70. The molecule has 1 amide bonds. The average molecular weight is 445 g/mol. The molecule has 2 aromatic heterocycles. The number of H-pyrrole nitrogens is 1. The lowest BCUT2D eigenvalue weighted by Gasteiger charge is -2.25. The quantitative estimate of drug-likeness (QED) is 0.566. The maximum absolute atomic E-state index is 13.4. The highest BCUT2D eigenvalue weighted by Crippen LogP contribution is 2.36. The topological polar surface area (TPSA) is 78.1 Å². The molecule has 33 heavy (non-hydrogen) atoms. The molecule has 0 bridgehead atoms. The van der Waals surface area contributed by atoms with Gasteiger partial charge in [-0.1, -0.05) is 19.4 Å². The number of aromatic nitrogens is 2. The van der Waals surface area contributed by atoms with Crippen molar-refractivity contribution in [2.45, 2.75) is 59.5 Å². The van der Waals surface area contributed by atoms with Crippen molar-refractivity contribution in [3.05, 3.63) is 81.0 Å². The number of fused-ring (bicyclic) bond motifs is 1. The Labute approximate surface area is 195 Å². The van der Waals surface area contributed by atoms with E-state index in [2.05, 4.69) is 47.0 Å². The lowest BCUT2D eigenvalue weighted by atomic mass is 9.97. The Hall–Kier alpha value is -3.41. The zero-order valence-corrected chi connectivity index (χ0v) is 19.9. The molecule has 3 aromatic rings. The minimum absolute atomic E-state index is 0.126. The van der Waals surface area contributed by atoms with Gasteiger partial charge in [0.2, 0.25) is 0 Å². The predicted octanol–water partition coefficient (Wildman–Crippen LogP) is 4.40. The van der Waals surface area contributed by atoms with E-state index in [1.54, 1.807) is 6.20 Å². The van der Waals surface area contributed by atoms with Crippen LogP contribution in [0.25, 0.3) is 11.1 Å². The highest BCUT2D eigenvalue weighted by Gasteiger charge is 2.27. The fourth-order valence-electron chi connectivity index (χ4n) is 4.70. The molecule has 0 fully saturated rings. The number of nitrogens with zero attached hydrogens (tertiary/aromatic N) is 2. The molecule has 0 radical (unpaired) electrons. The Kier molecular flexibility index (Phi) is 6.63. The first kappa shape index (κ1) is 22.8. The normalized spacial score (nSPS) is 12.8. The van der Waals surface area contributed by atoms with E-state index in [1.807, 2.05) is 37.4 Å². The zero-order valence-electron chi connectivity index (χ0n) is 19.9. The van der Waals surface area contributed by atoms with E-state index in [4.69, 9.17) is 0 Å². The van der Waals surface area contributed by atoms with Crippen molar-refractivity contribution in [2.75, 3.05) is 11.4 Å². The molecule has 6 heteroatoms. The Bertz CT molecular complexity index is 1210. The third-order valence-corrected chi connectivity index (χ3v) is 6.31. The highest BCUT2D eigenvalue weighted by molar-refractivity contribution is 5.99. The number of pyridine rings is 2. The van der Waals surface area contributed by atoms with Crippen molar-refractivity contribution >= 4 is 11.6 Å². The van der Waals surface area contributed by atoms with E-state index < -0.39 is 0 Å². The Balaban J connectivity index is 1.69. The van der Waals surface area contributed by atoms with Crippen molar-refractivity contribution < 1.29 is 4.79 Å². The van der Waals surface area contributed by atoms with E-state index >= 15 is 0 Å². The summed E-state index contributed by atoms with van der Waals surface area (Å²) in [6.07, 6.45) is 6.15. The molecular formula is C27H32N4O2. The fourth-order valence-corrected chi connectivity index (χ4v) is 4.70. The van der Waals surface area contributed by atoms with Crippen LogP contribution in [-0.4, -0.2) is 28.5 Å². The smallest absolute Gasteiger partial charge is 0.253 e. The summed E-state index contributed by atoms with van der Waals surface area (Å²) in [7, 11) is 0. The van der Waals surface area contributed by atoms with E-state index in [0.29, 0.717) is 17.2 Å². The first-order valence-corrected chi connectivity index (χ1v) is 11.7. The number of benzene rings is 1. The van der Waals surface area contributed by atoms with Crippen LogP contribution in [0.3, 0.4) is 0 Å². The summed E-state index contributed by atoms with van der Waals surface area (Å²) in [4.78, 5) is 35.5. The second-order valence-corrected chi connectivity index (χ2v) is 9.02.